The number of hydrogen-bond donors (Lipinski definition) is 2. The van der Waals surface area contributed by atoms with E-state index in [2.05, 4.69) is 15.8 Å². The van der Waals surface area contributed by atoms with Gasteiger partial charge < -0.3 is 20.1 Å². The number of amides is 3. The molecule has 1 atom stereocenters. The molecule has 2 rings (SSSR count). The highest BCUT2D eigenvalue weighted by molar-refractivity contribution is 5.84. The predicted molar refractivity (Wildman–Crippen MR) is 67.4 cm³/mol. The molecule has 1 unspecified atom stereocenters. The van der Waals surface area contributed by atoms with E-state index >= 15 is 0 Å². The molecule has 7 heteroatoms. The number of rotatable bonds is 3. The van der Waals surface area contributed by atoms with Gasteiger partial charge in [0.15, 0.2) is 5.76 Å². The van der Waals surface area contributed by atoms with Crippen molar-refractivity contribution in [1.29, 1.82) is 0 Å². The average Bonchev–Trinajstić information content (AvgIpc) is 3.03. The lowest BCUT2D eigenvalue weighted by atomic mass is 10.1. The standard InChI is InChI=1S/C12H18N4O3/c1-8-6-10(19-15-8)9-4-3-5-16(9)11(17)7-14-12(18)13-2/h6,9H,3-5,7H2,1-2H3,(H2,13,14,18). The van der Waals surface area contributed by atoms with Crippen LogP contribution >= 0.6 is 0 Å². The van der Waals surface area contributed by atoms with Crippen LogP contribution in [0.25, 0.3) is 0 Å². The summed E-state index contributed by atoms with van der Waals surface area (Å²) in [6.45, 7) is 2.52. The fraction of sp³-hybridized carbons (Fsp3) is 0.583. The summed E-state index contributed by atoms with van der Waals surface area (Å²) in [6.07, 6.45) is 1.79. The van der Waals surface area contributed by atoms with E-state index in [-0.39, 0.29) is 24.5 Å². The molecule has 1 saturated heterocycles. The van der Waals surface area contributed by atoms with E-state index in [9.17, 15) is 9.59 Å². The Morgan fingerprint density at radius 2 is 2.37 bits per heavy atom. The Kier molecular flexibility index (Phi) is 4.03. The minimum Gasteiger partial charge on any atom is -0.359 e. The number of likely N-dealkylation sites (tertiary alicyclic amines) is 1. The van der Waals surface area contributed by atoms with E-state index in [1.54, 1.807) is 4.90 Å². The molecule has 3 amide bonds. The van der Waals surface area contributed by atoms with Gasteiger partial charge in [-0.05, 0) is 19.8 Å². The van der Waals surface area contributed by atoms with Gasteiger partial charge in [-0.3, -0.25) is 4.79 Å². The van der Waals surface area contributed by atoms with E-state index in [0.29, 0.717) is 12.3 Å². The zero-order chi connectivity index (χ0) is 13.8. The molecular formula is C12H18N4O3. The van der Waals surface area contributed by atoms with Gasteiger partial charge >= 0.3 is 6.03 Å². The highest BCUT2D eigenvalue weighted by Crippen LogP contribution is 2.32. The van der Waals surface area contributed by atoms with Gasteiger partial charge in [0.05, 0.1) is 18.3 Å². The first kappa shape index (κ1) is 13.4. The van der Waals surface area contributed by atoms with E-state index in [1.807, 2.05) is 13.0 Å². The summed E-state index contributed by atoms with van der Waals surface area (Å²) in [5, 5.41) is 8.76. The maximum atomic E-state index is 12.1. The smallest absolute Gasteiger partial charge is 0.314 e. The highest BCUT2D eigenvalue weighted by Gasteiger charge is 2.32. The topological polar surface area (TPSA) is 87.5 Å². The minimum atomic E-state index is -0.361. The molecule has 0 radical (unpaired) electrons. The van der Waals surface area contributed by atoms with Crippen molar-refractivity contribution in [2.75, 3.05) is 20.1 Å². The lowest BCUT2D eigenvalue weighted by Gasteiger charge is -2.22. The lowest BCUT2D eigenvalue weighted by molar-refractivity contribution is -0.131. The van der Waals surface area contributed by atoms with Gasteiger partial charge in [-0.2, -0.15) is 0 Å². The summed E-state index contributed by atoms with van der Waals surface area (Å²) in [6, 6.07) is 1.42. The number of carbonyl (C=O) groups is 2. The SMILES string of the molecule is CNC(=O)NCC(=O)N1CCCC1c1cc(C)no1. The second-order valence-electron chi connectivity index (χ2n) is 4.55. The molecule has 1 aliphatic heterocycles. The second-order valence-corrected chi connectivity index (χ2v) is 4.55. The zero-order valence-corrected chi connectivity index (χ0v) is 11.1. The van der Waals surface area contributed by atoms with Gasteiger partial charge in [-0.15, -0.1) is 0 Å². The molecule has 0 saturated carbocycles. The first-order chi connectivity index (χ1) is 9.11. The fourth-order valence-electron chi connectivity index (χ4n) is 2.25. The summed E-state index contributed by atoms with van der Waals surface area (Å²) in [5.41, 5.74) is 0.804. The largest absolute Gasteiger partial charge is 0.359 e. The van der Waals surface area contributed by atoms with Gasteiger partial charge in [0.25, 0.3) is 0 Å². The molecular weight excluding hydrogens is 248 g/mol. The molecule has 1 fully saturated rings. The molecule has 0 aliphatic carbocycles. The third-order valence-electron chi connectivity index (χ3n) is 3.17. The summed E-state index contributed by atoms with van der Waals surface area (Å²) in [4.78, 5) is 24.9. The van der Waals surface area contributed by atoms with E-state index < -0.39 is 0 Å². The van der Waals surface area contributed by atoms with Crippen LogP contribution < -0.4 is 10.6 Å². The Hall–Kier alpha value is -2.05. The molecule has 104 valence electrons. The van der Waals surface area contributed by atoms with Crippen molar-refractivity contribution in [3.05, 3.63) is 17.5 Å². The quantitative estimate of drug-likeness (QED) is 0.837. The molecule has 1 aliphatic rings. The van der Waals surface area contributed by atoms with Crippen LogP contribution in [0.3, 0.4) is 0 Å². The van der Waals surface area contributed by atoms with Crippen LogP contribution in [-0.4, -0.2) is 42.1 Å². The summed E-state index contributed by atoms with van der Waals surface area (Å²) in [7, 11) is 1.51. The molecule has 1 aromatic rings. The summed E-state index contributed by atoms with van der Waals surface area (Å²) >= 11 is 0. The molecule has 0 bridgehead atoms. The number of nitrogens with one attached hydrogen (secondary N) is 2. The fourth-order valence-corrected chi connectivity index (χ4v) is 2.25. The highest BCUT2D eigenvalue weighted by atomic mass is 16.5. The molecule has 7 nitrogen and oxygen atoms in total. The van der Waals surface area contributed by atoms with Crippen molar-refractivity contribution in [3.8, 4) is 0 Å². The normalized spacial score (nSPS) is 18.4. The van der Waals surface area contributed by atoms with Crippen LogP contribution in [0, 0.1) is 6.92 Å². The number of carbonyl (C=O) groups excluding carboxylic acids is 2. The van der Waals surface area contributed by atoms with Crippen molar-refractivity contribution >= 4 is 11.9 Å². The number of nitrogens with zero attached hydrogens (tertiary/aromatic N) is 2. The maximum Gasteiger partial charge on any atom is 0.314 e. The first-order valence-corrected chi connectivity index (χ1v) is 6.30. The van der Waals surface area contributed by atoms with Crippen molar-refractivity contribution in [3.63, 3.8) is 0 Å². The van der Waals surface area contributed by atoms with Gasteiger partial charge in [0, 0.05) is 19.7 Å². The number of aryl methyl sites for hydroxylation is 1. The number of hydrogen-bond acceptors (Lipinski definition) is 4. The Balaban J connectivity index is 1.98. The van der Waals surface area contributed by atoms with Crippen molar-refractivity contribution in [2.45, 2.75) is 25.8 Å². The van der Waals surface area contributed by atoms with Gasteiger partial charge in [0.1, 0.15) is 0 Å². The Morgan fingerprint density at radius 1 is 1.58 bits per heavy atom. The van der Waals surface area contributed by atoms with Crippen molar-refractivity contribution < 1.29 is 14.1 Å². The van der Waals surface area contributed by atoms with Crippen molar-refractivity contribution in [1.82, 2.24) is 20.7 Å². The molecule has 0 spiro atoms. The maximum absolute atomic E-state index is 12.1. The minimum absolute atomic E-state index is 0.0106. The van der Waals surface area contributed by atoms with E-state index in [4.69, 9.17) is 4.52 Å². The van der Waals surface area contributed by atoms with Gasteiger partial charge in [-0.25, -0.2) is 4.79 Å². The van der Waals surface area contributed by atoms with Crippen LogP contribution in [0.2, 0.25) is 0 Å². The number of aromatic nitrogens is 1. The summed E-state index contributed by atoms with van der Waals surface area (Å²) < 4.78 is 5.23. The molecule has 1 aromatic heterocycles. The van der Waals surface area contributed by atoms with Gasteiger partial charge in [0.2, 0.25) is 5.91 Å². The third-order valence-corrected chi connectivity index (χ3v) is 3.17. The average molecular weight is 266 g/mol. The third kappa shape index (κ3) is 3.04. The van der Waals surface area contributed by atoms with Crippen LogP contribution in [-0.2, 0) is 4.79 Å². The molecule has 2 heterocycles. The monoisotopic (exact) mass is 266 g/mol. The zero-order valence-electron chi connectivity index (χ0n) is 11.1. The molecule has 2 N–H and O–H groups in total. The van der Waals surface area contributed by atoms with E-state index in [0.717, 1.165) is 18.5 Å². The van der Waals surface area contributed by atoms with Crippen LogP contribution in [0.1, 0.15) is 30.3 Å². The second kappa shape index (κ2) is 5.73. The first-order valence-electron chi connectivity index (χ1n) is 6.30. The Bertz CT molecular complexity index is 471. The Labute approximate surface area is 111 Å². The number of urea groups is 1. The summed E-state index contributed by atoms with van der Waals surface area (Å²) in [5.74, 6) is 0.600. The molecule has 19 heavy (non-hydrogen) atoms. The van der Waals surface area contributed by atoms with Crippen LogP contribution in [0.5, 0.6) is 0 Å². The van der Waals surface area contributed by atoms with Crippen LogP contribution in [0.15, 0.2) is 10.6 Å². The Morgan fingerprint density at radius 3 is 3.00 bits per heavy atom. The van der Waals surface area contributed by atoms with Crippen LogP contribution in [0.4, 0.5) is 4.79 Å². The van der Waals surface area contributed by atoms with E-state index in [1.165, 1.54) is 7.05 Å². The van der Waals surface area contributed by atoms with Gasteiger partial charge in [-0.1, -0.05) is 5.16 Å². The van der Waals surface area contributed by atoms with Crippen molar-refractivity contribution in [2.24, 2.45) is 0 Å². The lowest BCUT2D eigenvalue weighted by Crippen LogP contribution is -2.42. The molecule has 0 aromatic carbocycles. The predicted octanol–water partition coefficient (Wildman–Crippen LogP) is 0.576.